The molecule has 0 spiro atoms. The van der Waals surface area contributed by atoms with E-state index in [1.807, 2.05) is 22.9 Å². The van der Waals surface area contributed by atoms with Crippen LogP contribution in [-0.4, -0.2) is 5.91 Å². The van der Waals surface area contributed by atoms with E-state index in [4.69, 9.17) is 5.73 Å². The number of rotatable bonds is 1. The second-order valence-electron chi connectivity index (χ2n) is 3.42. The van der Waals surface area contributed by atoms with E-state index in [9.17, 15) is 4.79 Å². The van der Waals surface area contributed by atoms with Crippen molar-refractivity contribution in [2.45, 2.75) is 0 Å². The first-order valence-electron chi connectivity index (χ1n) is 5.20. The smallest absolute Gasteiger partial charge is 0.249 e. The largest absolute Gasteiger partial charge is 0.366 e. The van der Waals surface area contributed by atoms with Crippen molar-refractivity contribution in [3.8, 4) is 23.7 Å². The molecule has 0 aliphatic carbocycles. The van der Waals surface area contributed by atoms with E-state index in [0.29, 0.717) is 11.1 Å². The van der Waals surface area contributed by atoms with Crippen LogP contribution >= 0.6 is 11.3 Å². The van der Waals surface area contributed by atoms with Gasteiger partial charge in [0, 0.05) is 16.5 Å². The van der Waals surface area contributed by atoms with Gasteiger partial charge in [0.1, 0.15) is 0 Å². The van der Waals surface area contributed by atoms with Gasteiger partial charge in [-0.15, -0.1) is 0 Å². The fourth-order valence-corrected chi connectivity index (χ4v) is 1.93. The topological polar surface area (TPSA) is 43.1 Å². The number of carbonyl (C=O) groups excluding carboxylic acids is 1. The Morgan fingerprint density at radius 3 is 2.61 bits per heavy atom. The standard InChI is InChI=1S/C15H9NOS/c16-15(17)14-8-4-3-7-13(14)6-2-1-5-12-9-10-18-11-12/h3-4,7-11H,(H2,16,17). The SMILES string of the molecule is NC(=O)c1ccccc1C#CC#Cc1ccsc1. The summed E-state index contributed by atoms with van der Waals surface area (Å²) in [6.07, 6.45) is 0. The Bertz CT molecular complexity index is 679. The number of carbonyl (C=O) groups is 1. The van der Waals surface area contributed by atoms with Gasteiger partial charge in [-0.25, -0.2) is 0 Å². The van der Waals surface area contributed by atoms with Crippen LogP contribution in [0.15, 0.2) is 41.1 Å². The predicted octanol–water partition coefficient (Wildman–Crippen LogP) is 2.25. The molecular formula is C15H9NOS. The molecule has 1 aromatic heterocycles. The summed E-state index contributed by atoms with van der Waals surface area (Å²) in [5.41, 5.74) is 7.22. The molecule has 2 N–H and O–H groups in total. The Balaban J connectivity index is 2.23. The van der Waals surface area contributed by atoms with Crippen LogP contribution in [-0.2, 0) is 0 Å². The van der Waals surface area contributed by atoms with Crippen LogP contribution in [0.3, 0.4) is 0 Å². The zero-order chi connectivity index (χ0) is 12.8. The summed E-state index contributed by atoms with van der Waals surface area (Å²) in [7, 11) is 0. The van der Waals surface area contributed by atoms with E-state index in [1.165, 1.54) is 0 Å². The van der Waals surface area contributed by atoms with Crippen molar-refractivity contribution >= 4 is 17.2 Å². The monoisotopic (exact) mass is 251 g/mol. The molecule has 0 atom stereocenters. The van der Waals surface area contributed by atoms with Gasteiger partial charge in [0.05, 0.1) is 5.56 Å². The lowest BCUT2D eigenvalue weighted by atomic mass is 10.1. The molecule has 2 nitrogen and oxygen atoms in total. The Morgan fingerprint density at radius 2 is 1.89 bits per heavy atom. The highest BCUT2D eigenvalue weighted by Crippen LogP contribution is 2.06. The third kappa shape index (κ3) is 3.01. The lowest BCUT2D eigenvalue weighted by Crippen LogP contribution is -2.12. The summed E-state index contributed by atoms with van der Waals surface area (Å²) in [6, 6.07) is 8.89. The average Bonchev–Trinajstić information content (AvgIpc) is 2.88. The average molecular weight is 251 g/mol. The van der Waals surface area contributed by atoms with E-state index >= 15 is 0 Å². The molecule has 2 rings (SSSR count). The van der Waals surface area contributed by atoms with Crippen LogP contribution in [0.4, 0.5) is 0 Å². The van der Waals surface area contributed by atoms with Crippen LogP contribution in [0.5, 0.6) is 0 Å². The summed E-state index contributed by atoms with van der Waals surface area (Å²) < 4.78 is 0. The number of benzene rings is 1. The van der Waals surface area contributed by atoms with E-state index in [-0.39, 0.29) is 0 Å². The summed E-state index contributed by atoms with van der Waals surface area (Å²) in [4.78, 5) is 11.2. The highest BCUT2D eigenvalue weighted by molar-refractivity contribution is 7.08. The van der Waals surface area contributed by atoms with Gasteiger partial charge < -0.3 is 5.73 Å². The normalized spacial score (nSPS) is 8.67. The Morgan fingerprint density at radius 1 is 1.11 bits per heavy atom. The Kier molecular flexibility index (Phi) is 3.81. The maximum Gasteiger partial charge on any atom is 0.249 e. The molecule has 1 aromatic carbocycles. The van der Waals surface area contributed by atoms with Gasteiger partial charge in [0.25, 0.3) is 0 Å². The Hall–Kier alpha value is -2.49. The van der Waals surface area contributed by atoms with Gasteiger partial charge >= 0.3 is 0 Å². The first kappa shape index (κ1) is 12.0. The molecule has 0 radical (unpaired) electrons. The van der Waals surface area contributed by atoms with Crippen molar-refractivity contribution in [3.63, 3.8) is 0 Å². The van der Waals surface area contributed by atoms with Gasteiger partial charge in [0.15, 0.2) is 0 Å². The van der Waals surface area contributed by atoms with Gasteiger partial charge in [-0.3, -0.25) is 4.79 Å². The van der Waals surface area contributed by atoms with E-state index in [1.54, 1.807) is 29.5 Å². The van der Waals surface area contributed by atoms with Gasteiger partial charge in [-0.1, -0.05) is 24.0 Å². The highest BCUT2D eigenvalue weighted by atomic mass is 32.1. The molecule has 0 aliphatic heterocycles. The molecule has 1 amide bonds. The summed E-state index contributed by atoms with van der Waals surface area (Å²) in [6.45, 7) is 0. The van der Waals surface area contributed by atoms with Gasteiger partial charge in [0.2, 0.25) is 5.91 Å². The molecule has 2 aromatic rings. The molecular weight excluding hydrogens is 242 g/mol. The first-order chi connectivity index (χ1) is 8.77. The maximum atomic E-state index is 11.2. The van der Waals surface area contributed by atoms with Crippen LogP contribution in [0, 0.1) is 23.7 Å². The minimum Gasteiger partial charge on any atom is -0.366 e. The number of thiophene rings is 1. The van der Waals surface area contributed by atoms with Crippen molar-refractivity contribution in [3.05, 3.63) is 57.8 Å². The van der Waals surface area contributed by atoms with E-state index < -0.39 is 5.91 Å². The molecule has 0 fully saturated rings. The molecule has 86 valence electrons. The maximum absolute atomic E-state index is 11.2. The van der Waals surface area contributed by atoms with E-state index in [0.717, 1.165) is 5.56 Å². The molecule has 18 heavy (non-hydrogen) atoms. The van der Waals surface area contributed by atoms with Crippen LogP contribution in [0.2, 0.25) is 0 Å². The Labute approximate surface area is 109 Å². The summed E-state index contributed by atoms with van der Waals surface area (Å²) >= 11 is 1.59. The zero-order valence-electron chi connectivity index (χ0n) is 9.44. The van der Waals surface area contributed by atoms with Crippen molar-refractivity contribution in [2.75, 3.05) is 0 Å². The molecule has 0 bridgehead atoms. The van der Waals surface area contributed by atoms with E-state index in [2.05, 4.69) is 23.7 Å². The molecule has 0 saturated heterocycles. The zero-order valence-corrected chi connectivity index (χ0v) is 10.3. The minimum absolute atomic E-state index is 0.419. The van der Waals surface area contributed by atoms with Crippen molar-refractivity contribution in [1.29, 1.82) is 0 Å². The van der Waals surface area contributed by atoms with Gasteiger partial charge in [-0.2, -0.15) is 11.3 Å². The highest BCUT2D eigenvalue weighted by Gasteiger charge is 2.03. The minimum atomic E-state index is -0.481. The lowest BCUT2D eigenvalue weighted by molar-refractivity contribution is 0.1000. The number of hydrogen-bond donors (Lipinski definition) is 1. The molecule has 3 heteroatoms. The number of hydrogen-bond acceptors (Lipinski definition) is 2. The van der Waals surface area contributed by atoms with Crippen LogP contribution in [0.25, 0.3) is 0 Å². The predicted molar refractivity (Wildman–Crippen MR) is 73.0 cm³/mol. The summed E-state index contributed by atoms with van der Waals surface area (Å²) in [5.74, 6) is 10.7. The second kappa shape index (κ2) is 5.72. The quantitative estimate of drug-likeness (QED) is 0.776. The molecule has 1 heterocycles. The van der Waals surface area contributed by atoms with Crippen molar-refractivity contribution in [1.82, 2.24) is 0 Å². The number of primary amides is 1. The van der Waals surface area contributed by atoms with Crippen molar-refractivity contribution in [2.24, 2.45) is 5.73 Å². The fourth-order valence-electron chi connectivity index (χ4n) is 1.34. The third-order valence-corrected chi connectivity index (χ3v) is 2.86. The fraction of sp³-hybridized carbons (Fsp3) is 0. The van der Waals surface area contributed by atoms with Crippen molar-refractivity contribution < 1.29 is 4.79 Å². The second-order valence-corrected chi connectivity index (χ2v) is 4.20. The lowest BCUT2D eigenvalue weighted by Gasteiger charge is -1.97. The molecule has 0 aliphatic rings. The third-order valence-electron chi connectivity index (χ3n) is 2.18. The number of nitrogens with two attached hydrogens (primary N) is 1. The van der Waals surface area contributed by atoms with Crippen LogP contribution in [0.1, 0.15) is 21.5 Å². The number of amides is 1. The molecule has 0 unspecified atom stereocenters. The summed E-state index contributed by atoms with van der Waals surface area (Å²) in [5, 5.41) is 3.91. The first-order valence-corrected chi connectivity index (χ1v) is 6.15. The van der Waals surface area contributed by atoms with Gasteiger partial charge in [-0.05, 0) is 35.4 Å². The van der Waals surface area contributed by atoms with Crippen LogP contribution < -0.4 is 5.73 Å². The molecule has 0 saturated carbocycles.